The average molecular weight is 210 g/mol. The van der Waals surface area contributed by atoms with Crippen LogP contribution >= 0.6 is 0 Å². The van der Waals surface area contributed by atoms with E-state index in [0.29, 0.717) is 5.54 Å². The molecular weight excluding hydrogens is 184 g/mol. The maximum Gasteiger partial charge on any atom is 0.0309 e. The molecule has 15 heavy (non-hydrogen) atoms. The minimum Gasteiger partial charge on any atom is -0.309 e. The first kappa shape index (κ1) is 11.4. The topological polar surface area (TPSA) is 15.3 Å². The summed E-state index contributed by atoms with van der Waals surface area (Å²) in [6.45, 7) is 13.1. The van der Waals surface area contributed by atoms with E-state index < -0.39 is 0 Å². The number of nitrogens with one attached hydrogen (secondary N) is 1. The summed E-state index contributed by atoms with van der Waals surface area (Å²) in [7, 11) is 0. The zero-order valence-electron chi connectivity index (χ0n) is 10.7. The Balaban J connectivity index is 1.97. The van der Waals surface area contributed by atoms with Crippen LogP contribution in [0, 0.1) is 11.8 Å². The van der Waals surface area contributed by atoms with Crippen LogP contribution in [0.25, 0.3) is 0 Å². The van der Waals surface area contributed by atoms with Crippen LogP contribution < -0.4 is 5.32 Å². The van der Waals surface area contributed by atoms with Crippen molar-refractivity contribution in [3.8, 4) is 0 Å². The second-order valence-corrected chi connectivity index (χ2v) is 6.07. The summed E-state index contributed by atoms with van der Waals surface area (Å²) in [6.07, 6.45) is 2.88. The Hall–Kier alpha value is -0.0800. The molecular formula is C13H26N2. The van der Waals surface area contributed by atoms with Crippen molar-refractivity contribution in [3.63, 3.8) is 0 Å². The van der Waals surface area contributed by atoms with Gasteiger partial charge in [0.05, 0.1) is 0 Å². The molecule has 0 radical (unpaired) electrons. The van der Waals surface area contributed by atoms with E-state index in [4.69, 9.17) is 0 Å². The molecule has 88 valence electrons. The predicted molar refractivity (Wildman–Crippen MR) is 65.0 cm³/mol. The van der Waals surface area contributed by atoms with Gasteiger partial charge in [-0.2, -0.15) is 0 Å². The van der Waals surface area contributed by atoms with Crippen molar-refractivity contribution in [2.45, 2.75) is 52.1 Å². The number of hydrogen-bond acceptors (Lipinski definition) is 2. The molecule has 1 heterocycles. The van der Waals surface area contributed by atoms with Crippen LogP contribution in [0.2, 0.25) is 0 Å². The standard InChI is InChI=1S/C13H26N2/c1-10(2)11(3)15-8-7-14-13(4,9-15)12-5-6-12/h10-12,14H,5-9H2,1-4H3. The van der Waals surface area contributed by atoms with Gasteiger partial charge >= 0.3 is 0 Å². The van der Waals surface area contributed by atoms with Gasteiger partial charge in [-0.05, 0) is 38.5 Å². The van der Waals surface area contributed by atoms with Gasteiger partial charge in [-0.15, -0.1) is 0 Å². The van der Waals surface area contributed by atoms with E-state index in [1.807, 2.05) is 0 Å². The molecule has 1 saturated carbocycles. The predicted octanol–water partition coefficient (Wildman–Crippen LogP) is 2.10. The first-order valence-corrected chi connectivity index (χ1v) is 6.52. The molecule has 0 aromatic heterocycles. The molecule has 0 amide bonds. The molecule has 2 fully saturated rings. The van der Waals surface area contributed by atoms with Crippen LogP contribution in [0.5, 0.6) is 0 Å². The molecule has 2 nitrogen and oxygen atoms in total. The van der Waals surface area contributed by atoms with E-state index in [2.05, 4.69) is 37.9 Å². The van der Waals surface area contributed by atoms with E-state index >= 15 is 0 Å². The Kier molecular flexibility index (Phi) is 3.09. The maximum atomic E-state index is 3.74. The Morgan fingerprint density at radius 3 is 2.47 bits per heavy atom. The lowest BCUT2D eigenvalue weighted by molar-refractivity contribution is 0.0761. The quantitative estimate of drug-likeness (QED) is 0.767. The first-order chi connectivity index (χ1) is 7.03. The molecule has 1 aliphatic carbocycles. The number of nitrogens with zero attached hydrogens (tertiary/aromatic N) is 1. The van der Waals surface area contributed by atoms with Crippen molar-refractivity contribution in [1.29, 1.82) is 0 Å². The zero-order chi connectivity index (χ0) is 11.1. The third-order valence-corrected chi connectivity index (χ3v) is 4.48. The van der Waals surface area contributed by atoms with Crippen molar-refractivity contribution in [2.75, 3.05) is 19.6 Å². The lowest BCUT2D eigenvalue weighted by Crippen LogP contribution is -2.62. The molecule has 2 atom stereocenters. The zero-order valence-corrected chi connectivity index (χ0v) is 10.7. The smallest absolute Gasteiger partial charge is 0.0309 e. The molecule has 0 spiro atoms. The van der Waals surface area contributed by atoms with E-state index in [-0.39, 0.29) is 0 Å². The van der Waals surface area contributed by atoms with Crippen molar-refractivity contribution < 1.29 is 0 Å². The van der Waals surface area contributed by atoms with E-state index in [9.17, 15) is 0 Å². The second kappa shape index (κ2) is 4.06. The third kappa shape index (κ3) is 2.36. The molecule has 1 N–H and O–H groups in total. The highest BCUT2D eigenvalue weighted by Crippen LogP contribution is 2.41. The van der Waals surface area contributed by atoms with Gasteiger partial charge in [0.2, 0.25) is 0 Å². The fourth-order valence-electron chi connectivity index (χ4n) is 2.81. The molecule has 0 aromatic rings. The lowest BCUT2D eigenvalue weighted by Gasteiger charge is -2.45. The van der Waals surface area contributed by atoms with Crippen LogP contribution in [0.4, 0.5) is 0 Å². The van der Waals surface area contributed by atoms with Crippen molar-refractivity contribution in [2.24, 2.45) is 11.8 Å². The summed E-state index contributed by atoms with van der Waals surface area (Å²) in [4.78, 5) is 2.68. The third-order valence-electron chi connectivity index (χ3n) is 4.48. The summed E-state index contributed by atoms with van der Waals surface area (Å²) in [6, 6.07) is 0.727. The summed E-state index contributed by atoms with van der Waals surface area (Å²) >= 11 is 0. The summed E-state index contributed by atoms with van der Waals surface area (Å²) in [5, 5.41) is 3.74. The van der Waals surface area contributed by atoms with E-state index in [1.165, 1.54) is 32.5 Å². The minimum absolute atomic E-state index is 0.404. The number of piperazine rings is 1. The highest BCUT2D eigenvalue weighted by atomic mass is 15.2. The molecule has 2 rings (SSSR count). The van der Waals surface area contributed by atoms with Gasteiger partial charge in [0, 0.05) is 31.2 Å². The summed E-state index contributed by atoms with van der Waals surface area (Å²) < 4.78 is 0. The highest BCUT2D eigenvalue weighted by Gasteiger charge is 2.44. The van der Waals surface area contributed by atoms with Crippen molar-refractivity contribution in [3.05, 3.63) is 0 Å². The van der Waals surface area contributed by atoms with Crippen LogP contribution in [0.15, 0.2) is 0 Å². The van der Waals surface area contributed by atoms with Crippen molar-refractivity contribution >= 4 is 0 Å². The molecule has 0 bridgehead atoms. The number of hydrogen-bond donors (Lipinski definition) is 1. The van der Waals surface area contributed by atoms with Gasteiger partial charge in [-0.25, -0.2) is 0 Å². The molecule has 1 aliphatic heterocycles. The van der Waals surface area contributed by atoms with Gasteiger partial charge in [-0.1, -0.05) is 13.8 Å². The Morgan fingerprint density at radius 2 is 1.93 bits per heavy atom. The Morgan fingerprint density at radius 1 is 1.27 bits per heavy atom. The monoisotopic (exact) mass is 210 g/mol. The van der Waals surface area contributed by atoms with E-state index in [1.54, 1.807) is 0 Å². The van der Waals surface area contributed by atoms with E-state index in [0.717, 1.165) is 17.9 Å². The fraction of sp³-hybridized carbons (Fsp3) is 1.00. The summed E-state index contributed by atoms with van der Waals surface area (Å²) in [5.74, 6) is 1.71. The number of rotatable bonds is 3. The molecule has 2 unspecified atom stereocenters. The van der Waals surface area contributed by atoms with Crippen molar-refractivity contribution in [1.82, 2.24) is 10.2 Å². The largest absolute Gasteiger partial charge is 0.309 e. The molecule has 1 saturated heterocycles. The van der Waals surface area contributed by atoms with Gasteiger partial charge in [0.25, 0.3) is 0 Å². The SMILES string of the molecule is CC(C)C(C)N1CCNC(C)(C2CC2)C1. The van der Waals surface area contributed by atoms with Crippen LogP contribution in [-0.4, -0.2) is 36.1 Å². The first-order valence-electron chi connectivity index (χ1n) is 6.52. The second-order valence-electron chi connectivity index (χ2n) is 6.07. The van der Waals surface area contributed by atoms with Crippen LogP contribution in [0.3, 0.4) is 0 Å². The Labute approximate surface area is 94.4 Å². The normalized spacial score (nSPS) is 35.8. The molecule has 2 aliphatic rings. The highest BCUT2D eigenvalue weighted by molar-refractivity contribution is 5.02. The van der Waals surface area contributed by atoms with Gasteiger partial charge in [0.15, 0.2) is 0 Å². The lowest BCUT2D eigenvalue weighted by atomic mass is 9.91. The average Bonchev–Trinajstić information content (AvgIpc) is 2.99. The van der Waals surface area contributed by atoms with Gasteiger partial charge < -0.3 is 5.32 Å². The molecule has 0 aromatic carbocycles. The Bertz CT molecular complexity index is 223. The van der Waals surface area contributed by atoms with Gasteiger partial charge in [-0.3, -0.25) is 4.90 Å². The summed E-state index contributed by atoms with van der Waals surface area (Å²) in [5.41, 5.74) is 0.404. The van der Waals surface area contributed by atoms with Crippen LogP contribution in [0.1, 0.15) is 40.5 Å². The van der Waals surface area contributed by atoms with Gasteiger partial charge in [0.1, 0.15) is 0 Å². The molecule has 2 heteroatoms. The fourth-order valence-corrected chi connectivity index (χ4v) is 2.81. The minimum atomic E-state index is 0.404. The van der Waals surface area contributed by atoms with Crippen LogP contribution in [-0.2, 0) is 0 Å². The maximum absolute atomic E-state index is 3.74.